The van der Waals surface area contributed by atoms with Gasteiger partial charge in [0.1, 0.15) is 5.75 Å². The first-order valence-corrected chi connectivity index (χ1v) is 4.40. The zero-order valence-corrected chi connectivity index (χ0v) is 7.97. The Morgan fingerprint density at radius 1 is 1.50 bits per heavy atom. The molecule has 0 radical (unpaired) electrons. The van der Waals surface area contributed by atoms with Crippen molar-refractivity contribution in [1.29, 1.82) is 0 Å². The summed E-state index contributed by atoms with van der Waals surface area (Å²) in [7, 11) is 0. The molecule has 0 saturated heterocycles. The summed E-state index contributed by atoms with van der Waals surface area (Å²) in [5, 5.41) is 0. The van der Waals surface area contributed by atoms with Gasteiger partial charge in [-0.2, -0.15) is 0 Å². The first kappa shape index (κ1) is 9.26. The van der Waals surface area contributed by atoms with E-state index in [9.17, 15) is 0 Å². The van der Waals surface area contributed by atoms with E-state index in [0.29, 0.717) is 5.69 Å². The van der Waals surface area contributed by atoms with Crippen molar-refractivity contribution in [2.24, 2.45) is 0 Å². The van der Waals surface area contributed by atoms with Crippen LogP contribution in [-0.4, -0.2) is 6.61 Å². The van der Waals surface area contributed by atoms with Gasteiger partial charge in [-0.25, -0.2) is 0 Å². The Hall–Kier alpha value is -0.830. The lowest BCUT2D eigenvalue weighted by Gasteiger charge is -2.05. The lowest BCUT2D eigenvalue weighted by atomic mass is 10.3. The summed E-state index contributed by atoms with van der Waals surface area (Å²) in [5.41, 5.74) is 6.30. The Labute approximate surface area is 78.1 Å². The fourth-order valence-corrected chi connectivity index (χ4v) is 0.981. The summed E-state index contributed by atoms with van der Waals surface area (Å²) in [6.45, 7) is 2.79. The second-order valence-corrected chi connectivity index (χ2v) is 3.05. The molecule has 2 nitrogen and oxygen atoms in total. The minimum absolute atomic E-state index is 0.659. The van der Waals surface area contributed by atoms with E-state index in [-0.39, 0.29) is 0 Å². The van der Waals surface area contributed by atoms with Crippen LogP contribution in [0, 0.1) is 0 Å². The molecule has 0 aromatic heterocycles. The molecule has 2 N–H and O–H groups in total. The lowest BCUT2D eigenvalue weighted by molar-refractivity contribution is 0.317. The highest BCUT2D eigenvalue weighted by Gasteiger charge is 1.96. The van der Waals surface area contributed by atoms with Crippen molar-refractivity contribution in [2.75, 3.05) is 12.3 Å². The van der Waals surface area contributed by atoms with E-state index in [1.807, 2.05) is 12.1 Å². The largest absolute Gasteiger partial charge is 0.494 e. The molecule has 0 fully saturated rings. The normalized spacial score (nSPS) is 9.83. The number of benzene rings is 1. The molecule has 66 valence electrons. The van der Waals surface area contributed by atoms with Crippen LogP contribution in [0.15, 0.2) is 23.1 Å². The van der Waals surface area contributed by atoms with Crippen LogP contribution in [0.1, 0.15) is 13.3 Å². The minimum Gasteiger partial charge on any atom is -0.494 e. The molecule has 1 aromatic carbocycles. The zero-order valence-electron chi connectivity index (χ0n) is 7.08. The van der Waals surface area contributed by atoms with Crippen LogP contribution < -0.4 is 10.5 Å². The van der Waals surface area contributed by atoms with Crippen molar-refractivity contribution in [3.63, 3.8) is 0 Å². The lowest BCUT2D eigenvalue weighted by Crippen LogP contribution is -1.96. The first-order chi connectivity index (χ1) is 5.74. The predicted octanol–water partition coefficient (Wildman–Crippen LogP) is 2.35. The summed E-state index contributed by atoms with van der Waals surface area (Å²) in [5.74, 6) is 0.812. The molecule has 12 heavy (non-hydrogen) atoms. The molecule has 1 aromatic rings. The summed E-state index contributed by atoms with van der Waals surface area (Å²) >= 11 is 4.16. The van der Waals surface area contributed by atoms with E-state index in [1.165, 1.54) is 0 Å². The summed E-state index contributed by atoms with van der Waals surface area (Å²) in [6.07, 6.45) is 1.00. The van der Waals surface area contributed by atoms with E-state index in [1.54, 1.807) is 6.07 Å². The molecule has 3 heteroatoms. The molecule has 0 spiro atoms. The van der Waals surface area contributed by atoms with E-state index < -0.39 is 0 Å². The van der Waals surface area contributed by atoms with Gasteiger partial charge in [-0.1, -0.05) is 6.92 Å². The zero-order chi connectivity index (χ0) is 8.97. The molecule has 0 aliphatic heterocycles. The molecule has 0 aliphatic carbocycles. The van der Waals surface area contributed by atoms with Gasteiger partial charge in [0.2, 0.25) is 0 Å². The number of ether oxygens (including phenoxy) is 1. The van der Waals surface area contributed by atoms with Gasteiger partial charge < -0.3 is 10.5 Å². The van der Waals surface area contributed by atoms with Gasteiger partial charge in [-0.3, -0.25) is 0 Å². The smallest absolute Gasteiger partial charge is 0.121 e. The van der Waals surface area contributed by atoms with Crippen LogP contribution in [-0.2, 0) is 0 Å². The summed E-state index contributed by atoms with van der Waals surface area (Å²) < 4.78 is 5.38. The van der Waals surface area contributed by atoms with Crippen molar-refractivity contribution >= 4 is 18.3 Å². The predicted molar refractivity (Wildman–Crippen MR) is 53.9 cm³/mol. The fraction of sp³-hybridized carbons (Fsp3) is 0.333. The standard InChI is InChI=1S/C9H13NOS/c1-2-5-11-7-3-4-9(12)8(10)6-7/h3-4,6,12H,2,5,10H2,1H3. The van der Waals surface area contributed by atoms with E-state index >= 15 is 0 Å². The third kappa shape index (κ3) is 2.34. The van der Waals surface area contributed by atoms with Gasteiger partial charge in [-0.05, 0) is 18.6 Å². The number of nitrogen functional groups attached to an aromatic ring is 1. The number of hydrogen-bond acceptors (Lipinski definition) is 3. The maximum Gasteiger partial charge on any atom is 0.121 e. The van der Waals surface area contributed by atoms with Gasteiger partial charge in [0, 0.05) is 16.6 Å². The number of hydrogen-bond donors (Lipinski definition) is 2. The Morgan fingerprint density at radius 3 is 2.83 bits per heavy atom. The maximum atomic E-state index is 5.64. The number of anilines is 1. The molecule has 0 atom stereocenters. The third-order valence-corrected chi connectivity index (χ3v) is 1.88. The van der Waals surface area contributed by atoms with Gasteiger partial charge in [0.05, 0.1) is 6.61 Å². The highest BCUT2D eigenvalue weighted by Crippen LogP contribution is 2.22. The molecule has 0 bridgehead atoms. The summed E-state index contributed by atoms with van der Waals surface area (Å²) in [4.78, 5) is 0.791. The van der Waals surface area contributed by atoms with Crippen LogP contribution in [0.2, 0.25) is 0 Å². The average Bonchev–Trinajstić information content (AvgIpc) is 2.07. The van der Waals surface area contributed by atoms with Crippen LogP contribution in [0.4, 0.5) is 5.69 Å². The molecule has 1 rings (SSSR count). The fourth-order valence-electron chi connectivity index (χ4n) is 0.842. The van der Waals surface area contributed by atoms with Crippen molar-refractivity contribution in [3.8, 4) is 5.75 Å². The molecule has 0 aliphatic rings. The molecule has 0 saturated carbocycles. The van der Waals surface area contributed by atoms with Crippen molar-refractivity contribution in [2.45, 2.75) is 18.2 Å². The van der Waals surface area contributed by atoms with Crippen LogP contribution in [0.3, 0.4) is 0 Å². The maximum absolute atomic E-state index is 5.64. The number of thiol groups is 1. The number of nitrogens with two attached hydrogens (primary N) is 1. The molecule has 0 unspecified atom stereocenters. The van der Waals surface area contributed by atoms with Crippen molar-refractivity contribution in [1.82, 2.24) is 0 Å². The average molecular weight is 183 g/mol. The topological polar surface area (TPSA) is 35.2 Å². The van der Waals surface area contributed by atoms with Crippen LogP contribution in [0.25, 0.3) is 0 Å². The Kier molecular flexibility index (Phi) is 3.29. The Morgan fingerprint density at radius 2 is 2.25 bits per heavy atom. The highest BCUT2D eigenvalue weighted by molar-refractivity contribution is 7.80. The molecular weight excluding hydrogens is 170 g/mol. The minimum atomic E-state index is 0.659. The molecule has 0 heterocycles. The van der Waals surface area contributed by atoms with Gasteiger partial charge in [-0.15, -0.1) is 12.6 Å². The first-order valence-electron chi connectivity index (χ1n) is 3.95. The highest BCUT2D eigenvalue weighted by atomic mass is 32.1. The second-order valence-electron chi connectivity index (χ2n) is 2.57. The van der Waals surface area contributed by atoms with E-state index in [4.69, 9.17) is 10.5 Å². The van der Waals surface area contributed by atoms with E-state index in [0.717, 1.165) is 23.7 Å². The second kappa shape index (κ2) is 4.26. The van der Waals surface area contributed by atoms with Crippen LogP contribution in [0.5, 0.6) is 5.75 Å². The van der Waals surface area contributed by atoms with Gasteiger partial charge in [0.15, 0.2) is 0 Å². The van der Waals surface area contributed by atoms with Crippen LogP contribution >= 0.6 is 12.6 Å². The Balaban J connectivity index is 2.69. The van der Waals surface area contributed by atoms with E-state index in [2.05, 4.69) is 19.6 Å². The Bertz CT molecular complexity index is 263. The van der Waals surface area contributed by atoms with Crippen molar-refractivity contribution < 1.29 is 4.74 Å². The van der Waals surface area contributed by atoms with Gasteiger partial charge in [0.25, 0.3) is 0 Å². The SMILES string of the molecule is CCCOc1ccc(S)c(N)c1. The monoisotopic (exact) mass is 183 g/mol. The summed E-state index contributed by atoms with van der Waals surface area (Å²) in [6, 6.07) is 5.50. The molecule has 0 amide bonds. The molecular formula is C9H13NOS. The number of rotatable bonds is 3. The van der Waals surface area contributed by atoms with Gasteiger partial charge >= 0.3 is 0 Å². The quantitative estimate of drug-likeness (QED) is 0.557. The third-order valence-electron chi connectivity index (χ3n) is 1.47. The van der Waals surface area contributed by atoms with Crippen molar-refractivity contribution in [3.05, 3.63) is 18.2 Å².